The molecule has 2 aromatic carbocycles. The fraction of sp³-hybridized carbons (Fsp3) is 0.350. The van der Waals surface area contributed by atoms with Crippen LogP contribution >= 0.6 is 35.0 Å². The maximum Gasteiger partial charge on any atom is 0.230 e. The molecule has 0 radical (unpaired) electrons. The molecule has 2 rings (SSSR count). The number of hydrogen-bond donors (Lipinski definition) is 2. The second-order valence-electron chi connectivity index (χ2n) is 6.41. The second-order valence-corrected chi connectivity index (χ2v) is 8.27. The van der Waals surface area contributed by atoms with Crippen LogP contribution in [0.3, 0.4) is 0 Å². The van der Waals surface area contributed by atoms with Gasteiger partial charge in [-0.2, -0.15) is 0 Å². The van der Waals surface area contributed by atoms with Gasteiger partial charge in [0.05, 0.1) is 5.75 Å². The molecule has 2 N–H and O–H groups in total. The molecule has 0 spiro atoms. The molecule has 0 bridgehead atoms. The zero-order valence-corrected chi connectivity index (χ0v) is 17.7. The molecule has 0 aliphatic rings. The standard InChI is InChI=1S/C20H22Cl2FNO2S/c1-4-24-18(26)10-27-13-8-15(21)14(16(22)9-13)7-12-5-6-17(25)19(11(2)3)20(12)23/h5-6,8-9,11,25H,4,7,10H2,1-3H3,(H,24,26). The minimum Gasteiger partial charge on any atom is -0.508 e. The average molecular weight is 430 g/mol. The van der Waals surface area contributed by atoms with E-state index in [4.69, 9.17) is 23.2 Å². The summed E-state index contributed by atoms with van der Waals surface area (Å²) in [5.41, 5.74) is 1.32. The van der Waals surface area contributed by atoms with Gasteiger partial charge in [0.2, 0.25) is 5.91 Å². The van der Waals surface area contributed by atoms with E-state index in [9.17, 15) is 14.3 Å². The Morgan fingerprint density at radius 1 is 1.26 bits per heavy atom. The lowest BCUT2D eigenvalue weighted by Crippen LogP contribution is -2.24. The number of carbonyl (C=O) groups is 1. The van der Waals surface area contributed by atoms with Gasteiger partial charge in [0, 0.05) is 33.5 Å². The summed E-state index contributed by atoms with van der Waals surface area (Å²) in [6.07, 6.45) is 0.213. The summed E-state index contributed by atoms with van der Waals surface area (Å²) in [6.45, 7) is 6.08. The highest BCUT2D eigenvalue weighted by molar-refractivity contribution is 8.00. The number of benzene rings is 2. The number of phenolic OH excluding ortho intramolecular Hbond substituents is 1. The van der Waals surface area contributed by atoms with E-state index < -0.39 is 5.82 Å². The quantitative estimate of drug-likeness (QED) is 0.548. The molecule has 0 aliphatic carbocycles. The number of halogens is 3. The minimum absolute atomic E-state index is 0.0550. The lowest BCUT2D eigenvalue weighted by molar-refractivity contribution is -0.118. The summed E-state index contributed by atoms with van der Waals surface area (Å²) >= 11 is 14.1. The van der Waals surface area contributed by atoms with Crippen molar-refractivity contribution < 1.29 is 14.3 Å². The highest BCUT2D eigenvalue weighted by Crippen LogP contribution is 2.35. The van der Waals surface area contributed by atoms with Crippen LogP contribution in [0.1, 0.15) is 43.4 Å². The highest BCUT2D eigenvalue weighted by atomic mass is 35.5. The number of carbonyl (C=O) groups excluding carboxylic acids is 1. The molecule has 7 heteroatoms. The van der Waals surface area contributed by atoms with Crippen LogP contribution in [-0.2, 0) is 11.2 Å². The van der Waals surface area contributed by atoms with Gasteiger partial charge >= 0.3 is 0 Å². The van der Waals surface area contributed by atoms with Crippen LogP contribution in [0.5, 0.6) is 5.75 Å². The number of amides is 1. The molecular formula is C20H22Cl2FNO2S. The van der Waals surface area contributed by atoms with Gasteiger partial charge < -0.3 is 10.4 Å². The van der Waals surface area contributed by atoms with Gasteiger partial charge in [0.15, 0.2) is 0 Å². The second kappa shape index (κ2) is 9.67. The van der Waals surface area contributed by atoms with Gasteiger partial charge in [0.25, 0.3) is 0 Å². The van der Waals surface area contributed by atoms with Crippen molar-refractivity contribution in [1.82, 2.24) is 5.32 Å². The molecule has 0 saturated carbocycles. The molecule has 27 heavy (non-hydrogen) atoms. The minimum atomic E-state index is -0.438. The first-order valence-electron chi connectivity index (χ1n) is 8.62. The maximum absolute atomic E-state index is 14.8. The molecule has 2 aromatic rings. The van der Waals surface area contributed by atoms with Gasteiger partial charge in [-0.05, 0) is 42.2 Å². The van der Waals surface area contributed by atoms with Crippen molar-refractivity contribution in [1.29, 1.82) is 0 Å². The van der Waals surface area contributed by atoms with Crippen molar-refractivity contribution in [2.24, 2.45) is 0 Å². The predicted octanol–water partition coefficient (Wildman–Crippen LogP) is 5.78. The highest BCUT2D eigenvalue weighted by Gasteiger charge is 2.18. The Balaban J connectivity index is 2.25. The Morgan fingerprint density at radius 2 is 1.89 bits per heavy atom. The van der Waals surface area contributed by atoms with E-state index in [-0.39, 0.29) is 35.3 Å². The smallest absolute Gasteiger partial charge is 0.230 e. The van der Waals surface area contributed by atoms with Gasteiger partial charge in [0.1, 0.15) is 11.6 Å². The summed E-state index contributed by atoms with van der Waals surface area (Å²) < 4.78 is 14.8. The van der Waals surface area contributed by atoms with Crippen LogP contribution in [0, 0.1) is 5.82 Å². The molecule has 0 atom stereocenters. The number of thioether (sulfide) groups is 1. The average Bonchev–Trinajstić information content (AvgIpc) is 2.58. The Bertz CT molecular complexity index is 820. The van der Waals surface area contributed by atoms with Crippen LogP contribution in [0.4, 0.5) is 4.39 Å². The summed E-state index contributed by atoms with van der Waals surface area (Å²) in [7, 11) is 0. The lowest BCUT2D eigenvalue weighted by atomic mass is 9.95. The van der Waals surface area contributed by atoms with Gasteiger partial charge in [-0.3, -0.25) is 4.79 Å². The summed E-state index contributed by atoms with van der Waals surface area (Å²) in [4.78, 5) is 12.4. The SMILES string of the molecule is CCNC(=O)CSc1cc(Cl)c(Cc2ccc(O)c(C(C)C)c2F)c(Cl)c1. The predicted molar refractivity (Wildman–Crippen MR) is 111 cm³/mol. The number of rotatable bonds is 7. The lowest BCUT2D eigenvalue weighted by Gasteiger charge is -2.15. The molecule has 0 saturated heterocycles. The molecule has 0 aromatic heterocycles. The van der Waals surface area contributed by atoms with Crippen LogP contribution in [0.25, 0.3) is 0 Å². The summed E-state index contributed by atoms with van der Waals surface area (Å²) in [6, 6.07) is 6.50. The van der Waals surface area contributed by atoms with Crippen molar-refractivity contribution in [3.05, 3.63) is 56.8 Å². The normalized spacial score (nSPS) is 11.1. The fourth-order valence-corrected chi connectivity index (χ4v) is 4.29. The van der Waals surface area contributed by atoms with E-state index in [1.165, 1.54) is 17.8 Å². The first-order valence-corrected chi connectivity index (χ1v) is 10.4. The number of hydrogen-bond acceptors (Lipinski definition) is 3. The number of phenols is 1. The monoisotopic (exact) mass is 429 g/mol. The number of nitrogens with one attached hydrogen (secondary N) is 1. The maximum atomic E-state index is 14.8. The molecule has 1 amide bonds. The molecule has 0 aliphatic heterocycles. The van der Waals surface area contributed by atoms with Crippen LogP contribution in [-0.4, -0.2) is 23.3 Å². The van der Waals surface area contributed by atoms with Crippen molar-refractivity contribution in [3.63, 3.8) is 0 Å². The molecule has 0 unspecified atom stereocenters. The van der Waals surface area contributed by atoms with Crippen molar-refractivity contribution >= 4 is 40.9 Å². The Morgan fingerprint density at radius 3 is 2.44 bits per heavy atom. The Labute approximate surface area is 173 Å². The molecular weight excluding hydrogens is 408 g/mol. The molecule has 0 fully saturated rings. The molecule has 146 valence electrons. The zero-order valence-electron chi connectivity index (χ0n) is 15.4. The van der Waals surface area contributed by atoms with Gasteiger partial charge in [-0.15, -0.1) is 11.8 Å². The largest absolute Gasteiger partial charge is 0.508 e. The van der Waals surface area contributed by atoms with E-state index in [2.05, 4.69) is 5.32 Å². The third kappa shape index (κ3) is 5.53. The van der Waals surface area contributed by atoms with Crippen molar-refractivity contribution in [3.8, 4) is 5.75 Å². The molecule has 0 heterocycles. The van der Waals surface area contributed by atoms with E-state index in [1.54, 1.807) is 18.2 Å². The third-order valence-electron chi connectivity index (χ3n) is 4.04. The third-order valence-corrected chi connectivity index (χ3v) is 5.69. The fourth-order valence-electron chi connectivity index (χ4n) is 2.73. The van der Waals surface area contributed by atoms with Crippen molar-refractivity contribution in [2.75, 3.05) is 12.3 Å². The number of aromatic hydroxyl groups is 1. The zero-order chi connectivity index (χ0) is 20.1. The van der Waals surface area contributed by atoms with Crippen molar-refractivity contribution in [2.45, 2.75) is 38.0 Å². The molecule has 3 nitrogen and oxygen atoms in total. The van der Waals surface area contributed by atoms with E-state index in [0.29, 0.717) is 27.7 Å². The summed E-state index contributed by atoms with van der Waals surface area (Å²) in [5.74, 6) is -0.438. The van der Waals surface area contributed by atoms with E-state index in [1.807, 2.05) is 20.8 Å². The first kappa shape index (κ1) is 21.9. The topological polar surface area (TPSA) is 49.3 Å². The van der Waals surface area contributed by atoms with Crippen LogP contribution in [0.2, 0.25) is 10.0 Å². The van der Waals surface area contributed by atoms with Crippen LogP contribution < -0.4 is 5.32 Å². The Hall–Kier alpha value is -1.43. The first-order chi connectivity index (χ1) is 12.7. The van der Waals surface area contributed by atoms with Crippen LogP contribution in [0.15, 0.2) is 29.2 Å². The van der Waals surface area contributed by atoms with Gasteiger partial charge in [-0.25, -0.2) is 4.39 Å². The van der Waals surface area contributed by atoms with E-state index >= 15 is 0 Å². The van der Waals surface area contributed by atoms with Gasteiger partial charge in [-0.1, -0.05) is 43.1 Å². The van der Waals surface area contributed by atoms with E-state index in [0.717, 1.165) is 4.90 Å². The summed E-state index contributed by atoms with van der Waals surface area (Å²) in [5, 5.41) is 13.5. The Kier molecular flexibility index (Phi) is 7.83.